The van der Waals surface area contributed by atoms with Crippen LogP contribution in [0.4, 0.5) is 9.80 Å². The van der Waals surface area contributed by atoms with Crippen LogP contribution in [0.25, 0.3) is 0 Å². The van der Waals surface area contributed by atoms with Crippen LogP contribution < -0.4 is 21.3 Å². The fourth-order valence-corrected chi connectivity index (χ4v) is 2.89. The van der Waals surface area contributed by atoms with Gasteiger partial charge in [-0.25, -0.2) is 4.79 Å². The number of ether oxygens (including phenoxy) is 2. The van der Waals surface area contributed by atoms with Crippen LogP contribution in [0.15, 0.2) is 11.4 Å². The van der Waals surface area contributed by atoms with Gasteiger partial charge < -0.3 is 20.1 Å². The van der Waals surface area contributed by atoms with Crippen LogP contribution in [0.5, 0.6) is 0 Å². The largest absolute Gasteiger partial charge is 0.450 e. The van der Waals surface area contributed by atoms with E-state index in [-0.39, 0.29) is 24.3 Å². The van der Waals surface area contributed by atoms with Crippen molar-refractivity contribution in [3.05, 3.63) is 17.0 Å². The lowest BCUT2D eigenvalue weighted by atomic mass is 10.2. The number of anilines is 1. The van der Waals surface area contributed by atoms with Crippen molar-refractivity contribution in [3.8, 4) is 0 Å². The van der Waals surface area contributed by atoms with E-state index in [4.69, 9.17) is 4.74 Å². The minimum absolute atomic E-state index is 0.137. The predicted molar refractivity (Wildman–Crippen MR) is 88.0 cm³/mol. The highest BCUT2D eigenvalue weighted by molar-refractivity contribution is 7.14. The first kappa shape index (κ1) is 18.3. The number of piperazine rings is 1. The van der Waals surface area contributed by atoms with Gasteiger partial charge in [-0.2, -0.15) is 0 Å². The van der Waals surface area contributed by atoms with E-state index < -0.39 is 18.0 Å². The summed E-state index contributed by atoms with van der Waals surface area (Å²) >= 11 is 1.20. The molecule has 1 saturated heterocycles. The summed E-state index contributed by atoms with van der Waals surface area (Å²) in [4.78, 5) is 35.7. The highest BCUT2D eigenvalue weighted by Crippen LogP contribution is 2.23. The Kier molecular flexibility index (Phi) is 6.67. The molecule has 132 valence electrons. The molecule has 1 aromatic heterocycles. The lowest BCUT2D eigenvalue weighted by molar-refractivity contribution is -0.119. The summed E-state index contributed by atoms with van der Waals surface area (Å²) in [6, 6.07) is 1.09. The summed E-state index contributed by atoms with van der Waals surface area (Å²) in [6.07, 6.45) is -0.962. The number of hydrogen-bond acceptors (Lipinski definition) is 8. The van der Waals surface area contributed by atoms with Crippen LogP contribution in [-0.2, 0) is 14.3 Å². The Morgan fingerprint density at radius 3 is 2.75 bits per heavy atom. The lowest BCUT2D eigenvalue weighted by Crippen LogP contribution is -2.59. The van der Waals surface area contributed by atoms with E-state index in [0.29, 0.717) is 18.1 Å². The Labute approximate surface area is 143 Å². The number of carbonyl (C=O) groups excluding carboxylic acids is 3. The summed E-state index contributed by atoms with van der Waals surface area (Å²) in [5, 5.41) is 13.0. The predicted octanol–water partition coefficient (Wildman–Crippen LogP) is 0.107. The molecule has 1 fully saturated rings. The minimum Gasteiger partial charge on any atom is -0.450 e. The second-order valence-electron chi connectivity index (χ2n) is 4.92. The van der Waals surface area contributed by atoms with Crippen molar-refractivity contribution in [1.29, 1.82) is 0 Å². The molecule has 0 saturated carbocycles. The second-order valence-corrected chi connectivity index (χ2v) is 5.84. The van der Waals surface area contributed by atoms with Gasteiger partial charge in [-0.3, -0.25) is 20.2 Å². The molecule has 3 amide bonds. The van der Waals surface area contributed by atoms with Crippen LogP contribution in [-0.4, -0.2) is 57.0 Å². The molecule has 1 aromatic rings. The molecule has 1 aliphatic rings. The van der Waals surface area contributed by atoms with Gasteiger partial charge in [-0.15, -0.1) is 11.3 Å². The van der Waals surface area contributed by atoms with Gasteiger partial charge in [-0.1, -0.05) is 0 Å². The van der Waals surface area contributed by atoms with Crippen LogP contribution in [0, 0.1) is 0 Å². The van der Waals surface area contributed by atoms with Crippen LogP contribution in [0.2, 0.25) is 0 Å². The van der Waals surface area contributed by atoms with Gasteiger partial charge in [0.15, 0.2) is 0 Å². The van der Waals surface area contributed by atoms with E-state index in [2.05, 4.69) is 26.0 Å². The molecule has 2 unspecified atom stereocenters. The number of amides is 3. The van der Waals surface area contributed by atoms with Crippen LogP contribution in [0.1, 0.15) is 17.3 Å². The Morgan fingerprint density at radius 2 is 2.12 bits per heavy atom. The molecule has 9 nitrogen and oxygen atoms in total. The SMILES string of the molecule is CCOC(=O)NC(=O)c1ccsc1NC(=O)C1CNC(OC)CN1. The average molecular weight is 356 g/mol. The van der Waals surface area contributed by atoms with Crippen molar-refractivity contribution in [2.75, 3.05) is 32.1 Å². The number of nitrogens with one attached hydrogen (secondary N) is 4. The van der Waals surface area contributed by atoms with Gasteiger partial charge >= 0.3 is 6.09 Å². The highest BCUT2D eigenvalue weighted by Gasteiger charge is 2.26. The first-order chi connectivity index (χ1) is 11.5. The topological polar surface area (TPSA) is 118 Å². The number of carbonyl (C=O) groups is 3. The van der Waals surface area contributed by atoms with E-state index in [1.165, 1.54) is 17.4 Å². The molecular formula is C14H20N4O5S. The highest BCUT2D eigenvalue weighted by atomic mass is 32.1. The smallest absolute Gasteiger partial charge is 0.414 e. The Hall–Kier alpha value is -2.01. The molecule has 0 aromatic carbocycles. The first-order valence-electron chi connectivity index (χ1n) is 7.41. The fraction of sp³-hybridized carbons (Fsp3) is 0.500. The third-order valence-corrected chi connectivity index (χ3v) is 4.17. The Morgan fingerprint density at radius 1 is 1.33 bits per heavy atom. The first-order valence-corrected chi connectivity index (χ1v) is 8.29. The number of rotatable bonds is 5. The normalized spacial score (nSPS) is 20.2. The van der Waals surface area contributed by atoms with Gasteiger partial charge in [0.05, 0.1) is 18.2 Å². The number of hydrogen-bond donors (Lipinski definition) is 4. The van der Waals surface area contributed by atoms with Gasteiger partial charge in [0.2, 0.25) is 5.91 Å². The zero-order chi connectivity index (χ0) is 17.5. The van der Waals surface area contributed by atoms with E-state index >= 15 is 0 Å². The van der Waals surface area contributed by atoms with Crippen molar-refractivity contribution in [3.63, 3.8) is 0 Å². The molecule has 0 bridgehead atoms. The van der Waals surface area contributed by atoms with Crippen LogP contribution in [0.3, 0.4) is 0 Å². The van der Waals surface area contributed by atoms with Crippen molar-refractivity contribution in [2.24, 2.45) is 0 Å². The molecule has 0 radical (unpaired) electrons. The molecular weight excluding hydrogens is 336 g/mol. The number of imide groups is 1. The Bertz CT molecular complexity index is 598. The number of thiophene rings is 1. The third kappa shape index (κ3) is 4.74. The van der Waals surface area contributed by atoms with Gasteiger partial charge in [0.25, 0.3) is 5.91 Å². The van der Waals surface area contributed by atoms with E-state index in [0.717, 1.165) is 0 Å². The molecule has 1 aliphatic heterocycles. The molecule has 2 heterocycles. The lowest BCUT2D eigenvalue weighted by Gasteiger charge is -2.29. The molecule has 0 aliphatic carbocycles. The standard InChI is InChI=1S/C14H20N4O5S/c1-3-23-14(21)18-11(19)8-4-5-24-13(8)17-12(20)9-6-16-10(22-2)7-15-9/h4-5,9-10,15-16H,3,6-7H2,1-2H3,(H,17,20)(H,18,19,21). The average Bonchev–Trinajstić information content (AvgIpc) is 3.03. The van der Waals surface area contributed by atoms with Crippen molar-refractivity contribution in [2.45, 2.75) is 19.2 Å². The maximum atomic E-state index is 12.3. The van der Waals surface area contributed by atoms with Crippen LogP contribution >= 0.6 is 11.3 Å². The molecule has 24 heavy (non-hydrogen) atoms. The number of alkyl carbamates (subject to hydrolysis) is 1. The molecule has 0 spiro atoms. The summed E-state index contributed by atoms with van der Waals surface area (Å²) in [7, 11) is 1.58. The van der Waals surface area contributed by atoms with Gasteiger partial charge in [0.1, 0.15) is 11.2 Å². The van der Waals surface area contributed by atoms with Crippen molar-refractivity contribution < 1.29 is 23.9 Å². The van der Waals surface area contributed by atoms with Gasteiger partial charge in [-0.05, 0) is 18.4 Å². The maximum absolute atomic E-state index is 12.3. The van der Waals surface area contributed by atoms with Crippen molar-refractivity contribution >= 4 is 34.2 Å². The molecule has 4 N–H and O–H groups in total. The second kappa shape index (κ2) is 8.73. The summed E-state index contributed by atoms with van der Waals surface area (Å²) in [5.41, 5.74) is 0.208. The Balaban J connectivity index is 1.94. The molecule has 2 atom stereocenters. The molecule has 10 heteroatoms. The zero-order valence-corrected chi connectivity index (χ0v) is 14.2. The van der Waals surface area contributed by atoms with E-state index in [1.807, 2.05) is 0 Å². The monoisotopic (exact) mass is 356 g/mol. The fourth-order valence-electron chi connectivity index (χ4n) is 2.11. The minimum atomic E-state index is -0.824. The third-order valence-electron chi connectivity index (χ3n) is 3.34. The maximum Gasteiger partial charge on any atom is 0.414 e. The van der Waals surface area contributed by atoms with E-state index in [1.54, 1.807) is 19.4 Å². The number of methoxy groups -OCH3 is 1. The zero-order valence-electron chi connectivity index (χ0n) is 13.4. The van der Waals surface area contributed by atoms with Gasteiger partial charge in [0, 0.05) is 20.2 Å². The summed E-state index contributed by atoms with van der Waals surface area (Å²) in [5.74, 6) is -0.899. The summed E-state index contributed by atoms with van der Waals surface area (Å²) < 4.78 is 9.79. The summed E-state index contributed by atoms with van der Waals surface area (Å²) in [6.45, 7) is 2.70. The molecule has 2 rings (SSSR count). The quantitative estimate of drug-likeness (QED) is 0.591. The van der Waals surface area contributed by atoms with Crippen molar-refractivity contribution in [1.82, 2.24) is 16.0 Å². The van der Waals surface area contributed by atoms with E-state index in [9.17, 15) is 14.4 Å².